The van der Waals surface area contributed by atoms with E-state index >= 15 is 0 Å². The van der Waals surface area contributed by atoms with E-state index in [1.54, 1.807) is 0 Å². The van der Waals surface area contributed by atoms with Gasteiger partial charge in [0.1, 0.15) is 0 Å². The van der Waals surface area contributed by atoms with E-state index in [-0.39, 0.29) is 0 Å². The highest BCUT2D eigenvalue weighted by atomic mass is 16.5. The van der Waals surface area contributed by atoms with Crippen LogP contribution in [-0.2, 0) is 17.7 Å². The molecule has 2 heterocycles. The van der Waals surface area contributed by atoms with E-state index in [0.29, 0.717) is 12.1 Å². The average molecular weight is 274 g/mol. The third kappa shape index (κ3) is 3.40. The van der Waals surface area contributed by atoms with Gasteiger partial charge in [-0.25, -0.2) is 0 Å². The number of nitrogens with one attached hydrogen (secondary N) is 1. The van der Waals surface area contributed by atoms with Crippen molar-refractivity contribution in [3.05, 3.63) is 35.4 Å². The summed E-state index contributed by atoms with van der Waals surface area (Å²) in [5, 5.41) is 3.68. The van der Waals surface area contributed by atoms with Gasteiger partial charge in [-0.15, -0.1) is 0 Å². The van der Waals surface area contributed by atoms with E-state index in [4.69, 9.17) is 4.74 Å². The summed E-state index contributed by atoms with van der Waals surface area (Å²) in [6, 6.07) is 9.38. The largest absolute Gasteiger partial charge is 0.377 e. The summed E-state index contributed by atoms with van der Waals surface area (Å²) < 4.78 is 5.77. The zero-order valence-corrected chi connectivity index (χ0v) is 12.5. The van der Waals surface area contributed by atoms with Crippen molar-refractivity contribution in [1.29, 1.82) is 0 Å². The van der Waals surface area contributed by atoms with Crippen molar-refractivity contribution in [3.63, 3.8) is 0 Å². The molecule has 2 aliphatic rings. The molecule has 0 aliphatic carbocycles. The summed E-state index contributed by atoms with van der Waals surface area (Å²) in [6.07, 6.45) is 4.08. The normalized spacial score (nSPS) is 25.9. The molecule has 20 heavy (non-hydrogen) atoms. The van der Waals surface area contributed by atoms with Gasteiger partial charge >= 0.3 is 0 Å². The highest BCUT2D eigenvalue weighted by Gasteiger charge is 2.23. The molecule has 110 valence electrons. The number of fused-ring (bicyclic) bond motifs is 1. The number of likely N-dealkylation sites (N-methyl/N-ethyl adjacent to an activating group) is 1. The maximum absolute atomic E-state index is 5.77. The van der Waals surface area contributed by atoms with Gasteiger partial charge in [-0.05, 0) is 36.9 Å². The summed E-state index contributed by atoms with van der Waals surface area (Å²) in [7, 11) is 0. The first-order chi connectivity index (χ1) is 9.85. The molecule has 1 saturated heterocycles. The molecule has 0 spiro atoms. The quantitative estimate of drug-likeness (QED) is 0.891. The number of benzene rings is 1. The van der Waals surface area contributed by atoms with Crippen molar-refractivity contribution < 1.29 is 4.74 Å². The Kier molecular flexibility index (Phi) is 4.71. The molecular formula is C17H26N2O. The fourth-order valence-corrected chi connectivity index (χ4v) is 3.37. The van der Waals surface area contributed by atoms with Gasteiger partial charge in [0.25, 0.3) is 0 Å². The fraction of sp³-hybridized carbons (Fsp3) is 0.647. The molecular weight excluding hydrogens is 248 g/mol. The van der Waals surface area contributed by atoms with Gasteiger partial charge in [-0.3, -0.25) is 4.90 Å². The Hall–Kier alpha value is -0.900. The van der Waals surface area contributed by atoms with Crippen molar-refractivity contribution in [2.75, 3.05) is 26.2 Å². The van der Waals surface area contributed by atoms with Crippen LogP contribution in [0.15, 0.2) is 24.3 Å². The van der Waals surface area contributed by atoms with Crippen LogP contribution in [0.3, 0.4) is 0 Å². The van der Waals surface area contributed by atoms with Gasteiger partial charge in [-0.1, -0.05) is 31.2 Å². The topological polar surface area (TPSA) is 24.5 Å². The summed E-state index contributed by atoms with van der Waals surface area (Å²) in [5.74, 6) is 0. The molecule has 0 radical (unpaired) electrons. The predicted octanol–water partition coefficient (Wildman–Crippen LogP) is 2.20. The van der Waals surface area contributed by atoms with Crippen molar-refractivity contribution >= 4 is 0 Å². The number of hydrogen-bond donors (Lipinski definition) is 1. The molecule has 1 aromatic carbocycles. The van der Waals surface area contributed by atoms with Gasteiger partial charge in [0.2, 0.25) is 0 Å². The zero-order valence-electron chi connectivity index (χ0n) is 12.5. The molecule has 3 heteroatoms. The van der Waals surface area contributed by atoms with Gasteiger partial charge in [0, 0.05) is 32.3 Å². The first kappa shape index (κ1) is 14.1. The Morgan fingerprint density at radius 1 is 1.25 bits per heavy atom. The second-order valence-corrected chi connectivity index (χ2v) is 6.04. The molecule has 0 aromatic heterocycles. The minimum atomic E-state index is 0.464. The summed E-state index contributed by atoms with van der Waals surface area (Å²) in [5.41, 5.74) is 2.98. The van der Waals surface area contributed by atoms with E-state index in [1.807, 2.05) is 0 Å². The van der Waals surface area contributed by atoms with Crippen LogP contribution < -0.4 is 5.32 Å². The Morgan fingerprint density at radius 3 is 2.85 bits per heavy atom. The van der Waals surface area contributed by atoms with Crippen LogP contribution in [0.1, 0.15) is 30.9 Å². The predicted molar refractivity (Wildman–Crippen MR) is 81.9 cm³/mol. The monoisotopic (exact) mass is 274 g/mol. The molecule has 2 atom stereocenters. The molecule has 1 N–H and O–H groups in total. The lowest BCUT2D eigenvalue weighted by Crippen LogP contribution is -2.46. The van der Waals surface area contributed by atoms with Gasteiger partial charge in [0.15, 0.2) is 0 Å². The van der Waals surface area contributed by atoms with Crippen molar-refractivity contribution in [3.8, 4) is 0 Å². The molecule has 0 bridgehead atoms. The maximum atomic E-state index is 5.77. The SMILES string of the molecule is CCN(CC1Cc2ccccc2CN1)CC1CCCO1. The molecule has 2 unspecified atom stereocenters. The van der Waals surface area contributed by atoms with Gasteiger partial charge in [0.05, 0.1) is 6.10 Å². The summed E-state index contributed by atoms with van der Waals surface area (Å²) in [6.45, 7) is 7.56. The second-order valence-electron chi connectivity index (χ2n) is 6.04. The minimum absolute atomic E-state index is 0.464. The van der Waals surface area contributed by atoms with E-state index in [0.717, 1.165) is 39.2 Å². The van der Waals surface area contributed by atoms with Crippen molar-refractivity contribution in [1.82, 2.24) is 10.2 Å². The third-order valence-corrected chi connectivity index (χ3v) is 4.58. The first-order valence-electron chi connectivity index (χ1n) is 7.99. The lowest BCUT2D eigenvalue weighted by atomic mass is 9.95. The minimum Gasteiger partial charge on any atom is -0.377 e. The van der Waals surface area contributed by atoms with E-state index in [9.17, 15) is 0 Å². The van der Waals surface area contributed by atoms with Crippen LogP contribution in [0, 0.1) is 0 Å². The smallest absolute Gasteiger partial charge is 0.0702 e. The van der Waals surface area contributed by atoms with Crippen LogP contribution in [0.4, 0.5) is 0 Å². The van der Waals surface area contributed by atoms with Crippen LogP contribution in [0.5, 0.6) is 0 Å². The lowest BCUT2D eigenvalue weighted by Gasteiger charge is -2.32. The Labute approximate surface area is 122 Å². The van der Waals surface area contributed by atoms with E-state index in [2.05, 4.69) is 41.4 Å². The second kappa shape index (κ2) is 6.70. The summed E-state index contributed by atoms with van der Waals surface area (Å²) in [4.78, 5) is 2.54. The van der Waals surface area contributed by atoms with Crippen molar-refractivity contribution in [2.45, 2.75) is 44.9 Å². The molecule has 0 saturated carbocycles. The Balaban J connectivity index is 1.54. The molecule has 1 fully saturated rings. The maximum Gasteiger partial charge on any atom is 0.0702 e. The Bertz CT molecular complexity index is 429. The van der Waals surface area contributed by atoms with Crippen molar-refractivity contribution in [2.24, 2.45) is 0 Å². The van der Waals surface area contributed by atoms with Crippen LogP contribution in [0.2, 0.25) is 0 Å². The number of nitrogens with zero attached hydrogens (tertiary/aromatic N) is 1. The van der Waals surface area contributed by atoms with E-state index < -0.39 is 0 Å². The fourth-order valence-electron chi connectivity index (χ4n) is 3.37. The Morgan fingerprint density at radius 2 is 2.10 bits per heavy atom. The number of rotatable bonds is 5. The standard InChI is InChI=1S/C17H26N2O/c1-2-19(13-17-8-5-9-20-17)12-16-10-14-6-3-4-7-15(14)11-18-16/h3-4,6-7,16-18H,2,5,8-13H2,1H3. The number of ether oxygens (including phenoxy) is 1. The third-order valence-electron chi connectivity index (χ3n) is 4.58. The molecule has 3 nitrogen and oxygen atoms in total. The van der Waals surface area contributed by atoms with Crippen LogP contribution in [-0.4, -0.2) is 43.3 Å². The van der Waals surface area contributed by atoms with Gasteiger partial charge < -0.3 is 10.1 Å². The average Bonchev–Trinajstić information content (AvgIpc) is 2.99. The van der Waals surface area contributed by atoms with Crippen LogP contribution >= 0.6 is 0 Å². The highest BCUT2D eigenvalue weighted by molar-refractivity contribution is 5.29. The van der Waals surface area contributed by atoms with E-state index in [1.165, 1.54) is 24.0 Å². The number of hydrogen-bond acceptors (Lipinski definition) is 3. The molecule has 3 rings (SSSR count). The molecule has 0 amide bonds. The molecule has 2 aliphatic heterocycles. The summed E-state index contributed by atoms with van der Waals surface area (Å²) >= 11 is 0. The zero-order chi connectivity index (χ0) is 13.8. The lowest BCUT2D eigenvalue weighted by molar-refractivity contribution is 0.0711. The first-order valence-corrected chi connectivity index (χ1v) is 7.99. The van der Waals surface area contributed by atoms with Crippen LogP contribution in [0.25, 0.3) is 0 Å². The molecule has 1 aromatic rings. The highest BCUT2D eigenvalue weighted by Crippen LogP contribution is 2.18. The van der Waals surface area contributed by atoms with Gasteiger partial charge in [-0.2, -0.15) is 0 Å².